The summed E-state index contributed by atoms with van der Waals surface area (Å²) in [5, 5.41) is 0.648. The van der Waals surface area contributed by atoms with Crippen LogP contribution in [0.3, 0.4) is 0 Å². The van der Waals surface area contributed by atoms with Gasteiger partial charge in [0.1, 0.15) is 5.58 Å². The van der Waals surface area contributed by atoms with Gasteiger partial charge in [0, 0.05) is 34.5 Å². The molecule has 0 atom stereocenters. The highest BCUT2D eigenvalue weighted by Gasteiger charge is 2.11. The van der Waals surface area contributed by atoms with Gasteiger partial charge in [-0.2, -0.15) is 0 Å². The van der Waals surface area contributed by atoms with Crippen LogP contribution in [0.2, 0.25) is 0 Å². The first kappa shape index (κ1) is 10.5. The molecule has 0 spiro atoms. The molecule has 0 saturated heterocycles. The van der Waals surface area contributed by atoms with Crippen LogP contribution in [0.1, 0.15) is 10.4 Å². The number of aldehydes is 1. The summed E-state index contributed by atoms with van der Waals surface area (Å²) < 4.78 is 5.11. The molecular formula is C14H9NO3. The van der Waals surface area contributed by atoms with E-state index >= 15 is 0 Å². The molecule has 0 saturated carbocycles. The summed E-state index contributed by atoms with van der Waals surface area (Å²) in [6.07, 6.45) is 2.47. The Morgan fingerprint density at radius 2 is 2.06 bits per heavy atom. The minimum atomic E-state index is -0.520. The van der Waals surface area contributed by atoms with Gasteiger partial charge < -0.3 is 9.40 Å². The van der Waals surface area contributed by atoms with Crippen LogP contribution in [-0.4, -0.2) is 11.3 Å². The maximum absolute atomic E-state index is 11.3. The van der Waals surface area contributed by atoms with Gasteiger partial charge in [-0.3, -0.25) is 4.79 Å². The maximum atomic E-state index is 11.3. The predicted octanol–water partition coefficient (Wildman–Crippen LogP) is 2.60. The number of aromatic amines is 1. The highest BCUT2D eigenvalue weighted by Crippen LogP contribution is 2.28. The lowest BCUT2D eigenvalue weighted by Crippen LogP contribution is -2.00. The van der Waals surface area contributed by atoms with Gasteiger partial charge in [-0.05, 0) is 18.2 Å². The van der Waals surface area contributed by atoms with Crippen molar-refractivity contribution >= 4 is 17.3 Å². The van der Waals surface area contributed by atoms with Crippen molar-refractivity contribution < 1.29 is 9.21 Å². The number of carbonyl (C=O) groups excluding carboxylic acids is 1. The Hall–Kier alpha value is -2.62. The van der Waals surface area contributed by atoms with Crippen LogP contribution >= 0.6 is 0 Å². The number of benzene rings is 1. The average molecular weight is 239 g/mol. The van der Waals surface area contributed by atoms with E-state index in [0.29, 0.717) is 22.8 Å². The van der Waals surface area contributed by atoms with Crippen LogP contribution in [-0.2, 0) is 0 Å². The number of rotatable bonds is 2. The van der Waals surface area contributed by atoms with Crippen molar-refractivity contribution in [2.24, 2.45) is 0 Å². The minimum absolute atomic E-state index is 0.339. The molecule has 0 amide bonds. The molecule has 4 heteroatoms. The normalized spacial score (nSPS) is 10.7. The van der Waals surface area contributed by atoms with Gasteiger partial charge in [0.25, 0.3) is 0 Å². The van der Waals surface area contributed by atoms with Crippen LogP contribution in [0, 0.1) is 0 Å². The summed E-state index contributed by atoms with van der Waals surface area (Å²) in [5.74, 6) is 0. The Kier molecular flexibility index (Phi) is 2.34. The van der Waals surface area contributed by atoms with Gasteiger partial charge >= 0.3 is 5.63 Å². The van der Waals surface area contributed by atoms with Gasteiger partial charge in [0.05, 0.1) is 0 Å². The Bertz CT molecular complexity index is 769. The SMILES string of the molecule is O=Cc1cc(=O)oc2cccc(-c3ccc[nH]3)c12. The van der Waals surface area contributed by atoms with Gasteiger partial charge in [-0.1, -0.05) is 12.1 Å². The number of hydrogen-bond donors (Lipinski definition) is 1. The van der Waals surface area contributed by atoms with Gasteiger partial charge in [0.2, 0.25) is 0 Å². The highest BCUT2D eigenvalue weighted by atomic mass is 16.4. The zero-order valence-corrected chi connectivity index (χ0v) is 9.34. The fraction of sp³-hybridized carbons (Fsp3) is 0. The number of H-pyrrole nitrogens is 1. The molecule has 3 aromatic rings. The van der Waals surface area contributed by atoms with E-state index in [4.69, 9.17) is 4.42 Å². The van der Waals surface area contributed by atoms with Crippen molar-refractivity contribution in [3.63, 3.8) is 0 Å². The van der Waals surface area contributed by atoms with Gasteiger partial charge in [-0.15, -0.1) is 0 Å². The smallest absolute Gasteiger partial charge is 0.336 e. The van der Waals surface area contributed by atoms with Crippen molar-refractivity contribution in [3.8, 4) is 11.3 Å². The van der Waals surface area contributed by atoms with E-state index in [0.717, 1.165) is 11.3 Å². The molecule has 0 aliphatic rings. The van der Waals surface area contributed by atoms with E-state index in [1.54, 1.807) is 18.3 Å². The molecule has 2 aromatic heterocycles. The number of hydrogen-bond acceptors (Lipinski definition) is 3. The van der Waals surface area contributed by atoms with Gasteiger partial charge in [-0.25, -0.2) is 4.79 Å². The quantitative estimate of drug-likeness (QED) is 0.552. The maximum Gasteiger partial charge on any atom is 0.336 e. The van der Waals surface area contributed by atoms with Crippen LogP contribution in [0.4, 0.5) is 0 Å². The molecule has 88 valence electrons. The molecule has 4 nitrogen and oxygen atoms in total. The first-order valence-corrected chi connectivity index (χ1v) is 5.45. The van der Waals surface area contributed by atoms with Crippen molar-refractivity contribution in [2.45, 2.75) is 0 Å². The zero-order chi connectivity index (χ0) is 12.5. The molecule has 0 radical (unpaired) electrons. The monoisotopic (exact) mass is 239 g/mol. The Morgan fingerprint density at radius 3 is 2.78 bits per heavy atom. The third kappa shape index (κ3) is 1.55. The first-order valence-electron chi connectivity index (χ1n) is 5.45. The lowest BCUT2D eigenvalue weighted by molar-refractivity contribution is 0.112. The molecule has 0 aliphatic heterocycles. The summed E-state index contributed by atoms with van der Waals surface area (Å²) in [5.41, 5.74) is 1.94. The zero-order valence-electron chi connectivity index (χ0n) is 9.34. The Morgan fingerprint density at radius 1 is 1.17 bits per heavy atom. The molecule has 0 aliphatic carbocycles. The summed E-state index contributed by atoms with van der Waals surface area (Å²) in [4.78, 5) is 25.5. The molecular weight excluding hydrogens is 230 g/mol. The van der Waals surface area contributed by atoms with E-state index in [9.17, 15) is 9.59 Å². The third-order valence-electron chi connectivity index (χ3n) is 2.81. The molecule has 0 bridgehead atoms. The summed E-state index contributed by atoms with van der Waals surface area (Å²) in [7, 11) is 0. The second-order valence-electron chi connectivity index (χ2n) is 3.90. The fourth-order valence-corrected chi connectivity index (χ4v) is 2.07. The molecule has 1 aromatic carbocycles. The van der Waals surface area contributed by atoms with Crippen molar-refractivity contribution in [1.82, 2.24) is 4.98 Å². The predicted molar refractivity (Wildman–Crippen MR) is 67.7 cm³/mol. The van der Waals surface area contributed by atoms with Gasteiger partial charge in [0.15, 0.2) is 6.29 Å². The minimum Gasteiger partial charge on any atom is -0.423 e. The van der Waals surface area contributed by atoms with E-state index in [1.807, 2.05) is 18.2 Å². The van der Waals surface area contributed by atoms with Crippen LogP contribution in [0.5, 0.6) is 0 Å². The van der Waals surface area contributed by atoms with Crippen molar-refractivity contribution in [3.05, 3.63) is 58.6 Å². The van der Waals surface area contributed by atoms with Crippen LogP contribution in [0.25, 0.3) is 22.2 Å². The van der Waals surface area contributed by atoms with E-state index in [-0.39, 0.29) is 0 Å². The lowest BCUT2D eigenvalue weighted by atomic mass is 10.0. The molecule has 0 fully saturated rings. The number of aromatic nitrogens is 1. The second-order valence-corrected chi connectivity index (χ2v) is 3.90. The topological polar surface area (TPSA) is 63.1 Å². The van der Waals surface area contributed by atoms with E-state index in [2.05, 4.69) is 4.98 Å². The molecule has 2 heterocycles. The molecule has 3 rings (SSSR count). The molecule has 1 N–H and O–H groups in total. The van der Waals surface area contributed by atoms with E-state index < -0.39 is 5.63 Å². The van der Waals surface area contributed by atoms with Crippen molar-refractivity contribution in [1.29, 1.82) is 0 Å². The fourth-order valence-electron chi connectivity index (χ4n) is 2.07. The van der Waals surface area contributed by atoms with E-state index in [1.165, 1.54) is 6.07 Å². The summed E-state index contributed by atoms with van der Waals surface area (Å²) >= 11 is 0. The number of nitrogens with one attached hydrogen (secondary N) is 1. The molecule has 0 unspecified atom stereocenters. The highest BCUT2D eigenvalue weighted by molar-refractivity contribution is 6.03. The average Bonchev–Trinajstić information content (AvgIpc) is 2.90. The summed E-state index contributed by atoms with van der Waals surface area (Å²) in [6.45, 7) is 0. The Labute approximate surface area is 102 Å². The largest absolute Gasteiger partial charge is 0.423 e. The van der Waals surface area contributed by atoms with Crippen molar-refractivity contribution in [2.75, 3.05) is 0 Å². The number of fused-ring (bicyclic) bond motifs is 1. The van der Waals surface area contributed by atoms with Crippen LogP contribution in [0.15, 0.2) is 51.8 Å². The number of carbonyl (C=O) groups is 1. The molecule has 18 heavy (non-hydrogen) atoms. The first-order chi connectivity index (χ1) is 8.79. The van der Waals surface area contributed by atoms with Crippen LogP contribution < -0.4 is 5.63 Å². The lowest BCUT2D eigenvalue weighted by Gasteiger charge is -2.05. The second kappa shape index (κ2) is 4.00. The Balaban J connectivity index is 2.47. The third-order valence-corrected chi connectivity index (χ3v) is 2.81. The standard InChI is InChI=1S/C14H9NO3/c16-8-9-7-13(17)18-12-5-1-3-10(14(9)12)11-4-2-6-15-11/h1-8,15H. The summed E-state index contributed by atoms with van der Waals surface area (Å²) in [6, 6.07) is 10.3.